The normalized spacial score (nSPS) is 33.5. The Hall–Kier alpha value is -1.06. The summed E-state index contributed by atoms with van der Waals surface area (Å²) < 4.78 is 0. The van der Waals surface area contributed by atoms with Crippen LogP contribution in [0, 0.1) is 16.7 Å². The third kappa shape index (κ3) is 2.86. The van der Waals surface area contributed by atoms with Gasteiger partial charge in [0.05, 0.1) is 5.41 Å². The van der Waals surface area contributed by atoms with Gasteiger partial charge in [-0.25, -0.2) is 0 Å². The quantitative estimate of drug-likeness (QED) is 0.776. The zero-order valence-electron chi connectivity index (χ0n) is 15.8. The molecule has 0 spiro atoms. The van der Waals surface area contributed by atoms with E-state index in [1.54, 1.807) is 0 Å². The Morgan fingerprint density at radius 1 is 0.792 bits per heavy atom. The molecule has 4 nitrogen and oxygen atoms in total. The average Bonchev–Trinajstić information content (AvgIpc) is 2.86. The smallest absolute Gasteiger partial charge is 0.229 e. The molecule has 0 bridgehead atoms. The van der Waals surface area contributed by atoms with E-state index in [2.05, 4.69) is 30.6 Å². The molecule has 0 aromatic rings. The summed E-state index contributed by atoms with van der Waals surface area (Å²) in [5.74, 6) is 0.588. The number of hydrogen-bond donors (Lipinski definition) is 0. The van der Waals surface area contributed by atoms with Crippen molar-refractivity contribution in [1.82, 2.24) is 9.80 Å². The standard InChI is InChI=1S/C20H34N2O2/c1-19(2)16(17(23)21-12-6-4-7-13-21)10-11-20(19,3)18(24)22-14-8-5-9-15-22/h16H,4-15H2,1-3H3/t16-,20+/m1/s1. The van der Waals surface area contributed by atoms with Gasteiger partial charge in [-0.1, -0.05) is 20.8 Å². The number of nitrogens with zero attached hydrogens (tertiary/aromatic N) is 2. The molecule has 2 atom stereocenters. The Morgan fingerprint density at radius 3 is 1.83 bits per heavy atom. The van der Waals surface area contributed by atoms with Gasteiger partial charge in [-0.3, -0.25) is 9.59 Å². The van der Waals surface area contributed by atoms with E-state index in [-0.39, 0.29) is 11.3 Å². The van der Waals surface area contributed by atoms with Gasteiger partial charge in [-0.2, -0.15) is 0 Å². The molecule has 1 aliphatic carbocycles. The Labute approximate surface area is 146 Å². The second-order valence-electron chi connectivity index (χ2n) is 8.88. The molecule has 2 amide bonds. The first kappa shape index (κ1) is 17.8. The van der Waals surface area contributed by atoms with Crippen molar-refractivity contribution in [3.63, 3.8) is 0 Å². The summed E-state index contributed by atoms with van der Waals surface area (Å²) in [4.78, 5) is 30.5. The van der Waals surface area contributed by atoms with E-state index in [4.69, 9.17) is 0 Å². The lowest BCUT2D eigenvalue weighted by molar-refractivity contribution is -0.151. The van der Waals surface area contributed by atoms with Crippen LogP contribution >= 0.6 is 0 Å². The van der Waals surface area contributed by atoms with Crippen molar-refractivity contribution < 1.29 is 9.59 Å². The molecule has 2 heterocycles. The molecular formula is C20H34N2O2. The Balaban J connectivity index is 1.76. The van der Waals surface area contributed by atoms with Gasteiger partial charge in [0.25, 0.3) is 0 Å². The van der Waals surface area contributed by atoms with Crippen molar-refractivity contribution >= 4 is 11.8 Å². The van der Waals surface area contributed by atoms with Gasteiger partial charge in [0.1, 0.15) is 0 Å². The highest BCUT2D eigenvalue weighted by atomic mass is 16.2. The summed E-state index contributed by atoms with van der Waals surface area (Å²) >= 11 is 0. The lowest BCUT2D eigenvalue weighted by atomic mass is 9.64. The lowest BCUT2D eigenvalue weighted by Crippen LogP contribution is -2.52. The molecule has 0 radical (unpaired) electrons. The molecule has 0 aromatic carbocycles. The second-order valence-corrected chi connectivity index (χ2v) is 8.88. The minimum absolute atomic E-state index is 0.00524. The van der Waals surface area contributed by atoms with E-state index in [1.165, 1.54) is 12.8 Å². The Kier molecular flexibility index (Phi) is 4.94. The topological polar surface area (TPSA) is 40.6 Å². The van der Waals surface area contributed by atoms with Crippen LogP contribution in [0.5, 0.6) is 0 Å². The molecule has 1 saturated carbocycles. The second kappa shape index (κ2) is 6.68. The van der Waals surface area contributed by atoms with Gasteiger partial charge in [-0.15, -0.1) is 0 Å². The number of rotatable bonds is 2. The van der Waals surface area contributed by atoms with Crippen LogP contribution in [0.3, 0.4) is 0 Å². The molecule has 2 aliphatic heterocycles. The molecule has 0 N–H and O–H groups in total. The highest BCUT2D eigenvalue weighted by Gasteiger charge is 2.59. The maximum atomic E-state index is 13.3. The van der Waals surface area contributed by atoms with Crippen LogP contribution in [0.4, 0.5) is 0 Å². The van der Waals surface area contributed by atoms with Crippen LogP contribution in [0.15, 0.2) is 0 Å². The summed E-state index contributed by atoms with van der Waals surface area (Å²) in [6, 6.07) is 0. The van der Waals surface area contributed by atoms with Gasteiger partial charge in [0, 0.05) is 32.1 Å². The Morgan fingerprint density at radius 2 is 1.29 bits per heavy atom. The number of amides is 2. The van der Waals surface area contributed by atoms with E-state index in [9.17, 15) is 9.59 Å². The SMILES string of the molecule is CC1(C)[C@@H](C(=O)N2CCCCC2)CC[C@@]1(C)C(=O)N1CCCCC1. The number of carbonyl (C=O) groups is 2. The maximum Gasteiger partial charge on any atom is 0.229 e. The van der Waals surface area contributed by atoms with Crippen molar-refractivity contribution in [2.24, 2.45) is 16.7 Å². The lowest BCUT2D eigenvalue weighted by Gasteiger charge is -2.44. The third-order valence-electron chi connectivity index (χ3n) is 7.31. The molecule has 0 aromatic heterocycles. The highest BCUT2D eigenvalue weighted by molar-refractivity contribution is 5.87. The number of piperidine rings is 2. The predicted molar refractivity (Wildman–Crippen MR) is 95.5 cm³/mol. The van der Waals surface area contributed by atoms with Gasteiger partial charge in [-0.05, 0) is 56.8 Å². The van der Waals surface area contributed by atoms with E-state index in [1.807, 2.05) is 0 Å². The van der Waals surface area contributed by atoms with Crippen LogP contribution in [-0.2, 0) is 9.59 Å². The molecule has 4 heteroatoms. The van der Waals surface area contributed by atoms with Crippen molar-refractivity contribution in [1.29, 1.82) is 0 Å². The summed E-state index contributed by atoms with van der Waals surface area (Å²) in [6.07, 6.45) is 8.68. The fourth-order valence-corrected chi connectivity index (χ4v) is 5.10. The molecule has 136 valence electrons. The van der Waals surface area contributed by atoms with Crippen LogP contribution in [0.25, 0.3) is 0 Å². The summed E-state index contributed by atoms with van der Waals surface area (Å²) in [7, 11) is 0. The highest BCUT2D eigenvalue weighted by Crippen LogP contribution is 2.57. The van der Waals surface area contributed by atoms with Crippen molar-refractivity contribution in [2.75, 3.05) is 26.2 Å². The van der Waals surface area contributed by atoms with Crippen molar-refractivity contribution in [3.8, 4) is 0 Å². The number of carbonyl (C=O) groups excluding carboxylic acids is 2. The molecule has 3 aliphatic rings. The van der Waals surface area contributed by atoms with Crippen molar-refractivity contribution in [3.05, 3.63) is 0 Å². The fraction of sp³-hybridized carbons (Fsp3) is 0.900. The maximum absolute atomic E-state index is 13.3. The first-order valence-corrected chi connectivity index (χ1v) is 9.96. The summed E-state index contributed by atoms with van der Waals surface area (Å²) in [5.41, 5.74) is -0.670. The van der Waals surface area contributed by atoms with E-state index < -0.39 is 5.41 Å². The molecule has 0 unspecified atom stereocenters. The van der Waals surface area contributed by atoms with Crippen LogP contribution in [-0.4, -0.2) is 47.8 Å². The molecule has 2 saturated heterocycles. The van der Waals surface area contributed by atoms with Crippen molar-refractivity contribution in [2.45, 2.75) is 72.1 Å². The van der Waals surface area contributed by atoms with E-state index >= 15 is 0 Å². The monoisotopic (exact) mass is 334 g/mol. The van der Waals surface area contributed by atoms with E-state index in [0.717, 1.165) is 64.7 Å². The molecule has 3 fully saturated rings. The predicted octanol–water partition coefficient (Wildman–Crippen LogP) is 3.45. The number of likely N-dealkylation sites (tertiary alicyclic amines) is 2. The van der Waals surface area contributed by atoms with Gasteiger partial charge in [0.2, 0.25) is 11.8 Å². The minimum Gasteiger partial charge on any atom is -0.342 e. The van der Waals surface area contributed by atoms with Crippen LogP contribution in [0.2, 0.25) is 0 Å². The minimum atomic E-state index is -0.402. The van der Waals surface area contributed by atoms with E-state index in [0.29, 0.717) is 11.8 Å². The van der Waals surface area contributed by atoms with Gasteiger partial charge < -0.3 is 9.80 Å². The van der Waals surface area contributed by atoms with Crippen LogP contribution < -0.4 is 0 Å². The molecule has 24 heavy (non-hydrogen) atoms. The fourth-order valence-electron chi connectivity index (χ4n) is 5.10. The zero-order chi connectivity index (χ0) is 17.4. The molecular weight excluding hydrogens is 300 g/mol. The summed E-state index contributed by atoms with van der Waals surface area (Å²) in [5, 5.41) is 0. The average molecular weight is 335 g/mol. The Bertz CT molecular complexity index is 490. The third-order valence-corrected chi connectivity index (χ3v) is 7.31. The largest absolute Gasteiger partial charge is 0.342 e. The first-order chi connectivity index (χ1) is 11.4. The van der Waals surface area contributed by atoms with Crippen LogP contribution in [0.1, 0.15) is 72.1 Å². The number of hydrogen-bond acceptors (Lipinski definition) is 2. The zero-order valence-corrected chi connectivity index (χ0v) is 15.8. The van der Waals surface area contributed by atoms with Gasteiger partial charge in [0.15, 0.2) is 0 Å². The van der Waals surface area contributed by atoms with Gasteiger partial charge >= 0.3 is 0 Å². The molecule has 3 rings (SSSR count). The first-order valence-electron chi connectivity index (χ1n) is 9.96. The summed E-state index contributed by atoms with van der Waals surface area (Å²) in [6.45, 7) is 10.0.